The van der Waals surface area contributed by atoms with Crippen LogP contribution < -0.4 is 4.74 Å². The molecule has 5 rings (SSSR count). The fraction of sp³-hybridized carbons (Fsp3) is 0.538. The molecule has 2 aliphatic carbocycles. The quantitative estimate of drug-likeness (QED) is 0.514. The average molecular weight is 475 g/mol. The first-order valence-corrected chi connectivity index (χ1v) is 12.1. The molecule has 2 saturated carbocycles. The Morgan fingerprint density at radius 3 is 2.33 bits per heavy atom. The first-order valence-electron chi connectivity index (χ1n) is 11.7. The van der Waals surface area contributed by atoms with E-state index in [0.29, 0.717) is 23.1 Å². The molecular formula is C26H31ClO6. The monoisotopic (exact) mass is 474 g/mol. The number of fused-ring (bicyclic) bond motifs is 1. The van der Waals surface area contributed by atoms with Gasteiger partial charge in [-0.05, 0) is 71.9 Å². The van der Waals surface area contributed by atoms with Crippen molar-refractivity contribution >= 4 is 11.6 Å². The molecular weight excluding hydrogens is 444 g/mol. The predicted molar refractivity (Wildman–Crippen MR) is 123 cm³/mol. The van der Waals surface area contributed by atoms with Crippen LogP contribution >= 0.6 is 11.6 Å². The van der Waals surface area contributed by atoms with Gasteiger partial charge in [0.05, 0.1) is 12.7 Å². The van der Waals surface area contributed by atoms with Crippen LogP contribution in [0.25, 0.3) is 0 Å². The summed E-state index contributed by atoms with van der Waals surface area (Å²) in [5.74, 6) is 3.47. The fourth-order valence-corrected chi connectivity index (χ4v) is 5.78. The molecule has 4 N–H and O–H groups in total. The Balaban J connectivity index is 1.26. The molecule has 6 nitrogen and oxygen atoms in total. The Morgan fingerprint density at radius 1 is 0.970 bits per heavy atom. The van der Waals surface area contributed by atoms with Crippen LogP contribution in [-0.2, 0) is 11.2 Å². The molecule has 0 bridgehead atoms. The van der Waals surface area contributed by atoms with Gasteiger partial charge in [-0.3, -0.25) is 0 Å². The Bertz CT molecular complexity index is 967. The summed E-state index contributed by atoms with van der Waals surface area (Å²) >= 11 is 6.45. The van der Waals surface area contributed by atoms with Gasteiger partial charge in [0.1, 0.15) is 36.3 Å². The molecule has 178 valence electrons. The Kier molecular flexibility index (Phi) is 6.42. The number of rotatable bonds is 6. The van der Waals surface area contributed by atoms with E-state index >= 15 is 0 Å². The summed E-state index contributed by atoms with van der Waals surface area (Å²) in [5, 5.41) is 40.6. The van der Waals surface area contributed by atoms with Crippen molar-refractivity contribution in [2.75, 3.05) is 6.61 Å². The van der Waals surface area contributed by atoms with Gasteiger partial charge in [0.2, 0.25) is 0 Å². The molecule has 1 saturated heterocycles. The largest absolute Gasteiger partial charge is 0.490 e. The number of aliphatic hydroxyl groups is 4. The van der Waals surface area contributed by atoms with E-state index < -0.39 is 37.1 Å². The molecule has 2 aromatic rings. The second-order valence-electron chi connectivity index (χ2n) is 9.82. The maximum absolute atomic E-state index is 10.4. The van der Waals surface area contributed by atoms with Crippen molar-refractivity contribution in [3.8, 4) is 5.75 Å². The Morgan fingerprint density at radius 2 is 1.67 bits per heavy atom. The van der Waals surface area contributed by atoms with Crippen molar-refractivity contribution in [1.29, 1.82) is 0 Å². The lowest BCUT2D eigenvalue weighted by atomic mass is 9.90. The van der Waals surface area contributed by atoms with Crippen LogP contribution in [0.5, 0.6) is 5.75 Å². The number of ether oxygens (including phenoxy) is 2. The lowest BCUT2D eigenvalue weighted by Crippen LogP contribution is -2.55. The van der Waals surface area contributed by atoms with Gasteiger partial charge in [0.15, 0.2) is 0 Å². The summed E-state index contributed by atoms with van der Waals surface area (Å²) in [6, 6.07) is 13.4. The molecule has 7 heteroatoms. The SMILES string of the molecule is CC1C2CC(Oc3ccc(Cc4cc([C@@H]5O[C@H](CO)[C@@H](O)[C@H](O)[C@H]5O)ccc4Cl)cc3)CC12. The number of hydrogen-bond donors (Lipinski definition) is 4. The second-order valence-corrected chi connectivity index (χ2v) is 10.2. The van der Waals surface area contributed by atoms with Crippen LogP contribution in [0.4, 0.5) is 0 Å². The van der Waals surface area contributed by atoms with E-state index in [-0.39, 0.29) is 0 Å². The van der Waals surface area contributed by atoms with Crippen molar-refractivity contribution in [3.05, 3.63) is 64.2 Å². The van der Waals surface area contributed by atoms with Crippen LogP contribution in [-0.4, -0.2) is 57.6 Å². The van der Waals surface area contributed by atoms with Gasteiger partial charge in [-0.2, -0.15) is 0 Å². The van der Waals surface area contributed by atoms with Crippen LogP contribution in [0.1, 0.15) is 42.6 Å². The molecule has 2 aromatic carbocycles. The molecule has 0 aromatic heterocycles. The van der Waals surface area contributed by atoms with Crippen LogP contribution in [0.3, 0.4) is 0 Å². The van der Waals surface area contributed by atoms with Gasteiger partial charge in [-0.1, -0.05) is 42.8 Å². The fourth-order valence-electron chi connectivity index (χ4n) is 5.60. The summed E-state index contributed by atoms with van der Waals surface area (Å²) in [7, 11) is 0. The third-order valence-corrected chi connectivity index (χ3v) is 8.11. The third kappa shape index (κ3) is 4.53. The molecule has 33 heavy (non-hydrogen) atoms. The van der Waals surface area contributed by atoms with Crippen LogP contribution in [0.2, 0.25) is 5.02 Å². The Labute approximate surface area is 198 Å². The smallest absolute Gasteiger partial charge is 0.119 e. The Hall–Kier alpha value is -1.67. The van der Waals surface area contributed by atoms with Crippen molar-refractivity contribution in [3.63, 3.8) is 0 Å². The third-order valence-electron chi connectivity index (χ3n) is 7.74. The van der Waals surface area contributed by atoms with Crippen LogP contribution in [0.15, 0.2) is 42.5 Å². The van der Waals surface area contributed by atoms with Crippen molar-refractivity contribution in [2.24, 2.45) is 17.8 Å². The van der Waals surface area contributed by atoms with Gasteiger partial charge in [0.25, 0.3) is 0 Å². The zero-order chi connectivity index (χ0) is 23.3. The first kappa shape index (κ1) is 23.1. The predicted octanol–water partition coefficient (Wildman–Crippen LogP) is 2.87. The molecule has 3 aliphatic rings. The molecule has 3 fully saturated rings. The van der Waals surface area contributed by atoms with Gasteiger partial charge in [-0.15, -0.1) is 0 Å². The van der Waals surface area contributed by atoms with E-state index in [1.807, 2.05) is 30.3 Å². The maximum Gasteiger partial charge on any atom is 0.119 e. The minimum absolute atomic E-state index is 0.326. The van der Waals surface area contributed by atoms with E-state index in [4.69, 9.17) is 21.1 Å². The summed E-state index contributed by atoms with van der Waals surface area (Å²) < 4.78 is 11.9. The van der Waals surface area contributed by atoms with Crippen molar-refractivity contribution < 1.29 is 29.9 Å². The highest BCUT2D eigenvalue weighted by molar-refractivity contribution is 6.31. The zero-order valence-electron chi connectivity index (χ0n) is 18.5. The normalized spacial score (nSPS) is 37.6. The van der Waals surface area contributed by atoms with Crippen LogP contribution in [0, 0.1) is 17.8 Å². The topological polar surface area (TPSA) is 99.4 Å². The number of aliphatic hydroxyl groups excluding tert-OH is 4. The van der Waals surface area contributed by atoms with E-state index in [1.54, 1.807) is 12.1 Å². The van der Waals surface area contributed by atoms with Crippen molar-refractivity contribution in [1.82, 2.24) is 0 Å². The van der Waals surface area contributed by atoms with E-state index in [1.165, 1.54) is 0 Å². The minimum atomic E-state index is -1.42. The number of benzene rings is 2. The van der Waals surface area contributed by atoms with E-state index in [0.717, 1.165) is 47.5 Å². The van der Waals surface area contributed by atoms with Gasteiger partial charge < -0.3 is 29.9 Å². The van der Waals surface area contributed by atoms with Crippen molar-refractivity contribution in [2.45, 2.75) is 62.8 Å². The maximum atomic E-state index is 10.4. The standard InChI is InChI=1S/C26H31ClO6/c1-13-19-10-18(11-20(13)19)32-17-5-2-14(3-6-17)8-16-9-15(4-7-21(16)27)26-25(31)24(30)23(29)22(12-28)33-26/h2-7,9,13,18-20,22-26,28-31H,8,10-12H2,1H3/t13?,18?,19?,20?,22-,23-,24+,25-,26+/m1/s1. The molecule has 1 aliphatic heterocycles. The first-order chi connectivity index (χ1) is 15.9. The van der Waals surface area contributed by atoms with E-state index in [2.05, 4.69) is 6.92 Å². The summed E-state index contributed by atoms with van der Waals surface area (Å²) in [6.07, 6.45) is -2.72. The average Bonchev–Trinajstić information content (AvgIpc) is 3.20. The second kappa shape index (κ2) is 9.17. The van der Waals surface area contributed by atoms with Gasteiger partial charge in [0, 0.05) is 5.02 Å². The summed E-state index contributed by atoms with van der Waals surface area (Å²) in [5.41, 5.74) is 2.54. The van der Waals surface area contributed by atoms with Gasteiger partial charge in [-0.25, -0.2) is 0 Å². The molecule has 0 radical (unpaired) electrons. The molecule has 2 unspecified atom stereocenters. The molecule has 0 spiro atoms. The summed E-state index contributed by atoms with van der Waals surface area (Å²) in [6.45, 7) is 1.87. The highest BCUT2D eigenvalue weighted by Gasteiger charge is 2.53. The minimum Gasteiger partial charge on any atom is -0.490 e. The number of halogens is 1. The highest BCUT2D eigenvalue weighted by Crippen LogP contribution is 2.57. The zero-order valence-corrected chi connectivity index (χ0v) is 19.3. The molecule has 7 atom stereocenters. The van der Waals surface area contributed by atoms with E-state index in [9.17, 15) is 20.4 Å². The molecule has 1 heterocycles. The summed E-state index contributed by atoms with van der Waals surface area (Å²) in [4.78, 5) is 0. The highest BCUT2D eigenvalue weighted by atomic mass is 35.5. The van der Waals surface area contributed by atoms with Gasteiger partial charge >= 0.3 is 0 Å². The number of hydrogen-bond acceptors (Lipinski definition) is 6. The lowest BCUT2D eigenvalue weighted by Gasteiger charge is -2.40. The lowest BCUT2D eigenvalue weighted by molar-refractivity contribution is -0.231. The molecule has 0 amide bonds.